The van der Waals surface area contributed by atoms with Crippen LogP contribution in [0.5, 0.6) is 5.75 Å². The van der Waals surface area contributed by atoms with Crippen molar-refractivity contribution in [3.05, 3.63) is 65.0 Å². The molecule has 1 aromatic rings. The van der Waals surface area contributed by atoms with Gasteiger partial charge in [-0.05, 0) is 12.5 Å². The van der Waals surface area contributed by atoms with Crippen LogP contribution in [0.1, 0.15) is 12.0 Å². The summed E-state index contributed by atoms with van der Waals surface area (Å²) in [6.45, 7) is 4.92. The molecule has 1 aromatic carbocycles. The fraction of sp³-hybridized carbons (Fsp3) is 0.200. The molecule has 0 unspecified atom stereocenters. The Morgan fingerprint density at radius 2 is 1.79 bits per heavy atom. The van der Waals surface area contributed by atoms with Crippen LogP contribution >= 0.6 is 0 Å². The molecule has 0 aromatic heterocycles. The quantitative estimate of drug-likeness (QED) is 0.788. The summed E-state index contributed by atoms with van der Waals surface area (Å²) in [6.07, 6.45) is 3.39. The van der Waals surface area contributed by atoms with Gasteiger partial charge in [0.25, 0.3) is 0 Å². The molecule has 0 radical (unpaired) electrons. The lowest BCUT2D eigenvalue weighted by molar-refractivity contribution is 0.344. The standard InChI is InChI=1S/C15H13F3O/c1-9-3-4-11(15(18)5-9)8-19-12-6-13(16)10(2)14(17)7-12/h3-4,6-7H,1,5,8H2,2H3. The van der Waals surface area contributed by atoms with Crippen LogP contribution in [0.4, 0.5) is 13.2 Å². The summed E-state index contributed by atoms with van der Waals surface area (Å²) in [5.41, 5.74) is 0.967. The monoisotopic (exact) mass is 266 g/mol. The van der Waals surface area contributed by atoms with Gasteiger partial charge in [0.05, 0.1) is 0 Å². The van der Waals surface area contributed by atoms with Crippen molar-refractivity contribution in [3.63, 3.8) is 0 Å². The number of ether oxygens (including phenoxy) is 1. The number of rotatable bonds is 3. The van der Waals surface area contributed by atoms with Gasteiger partial charge in [0.15, 0.2) is 0 Å². The summed E-state index contributed by atoms with van der Waals surface area (Å²) in [5, 5.41) is 0. The first-order valence-electron chi connectivity index (χ1n) is 5.79. The van der Waals surface area contributed by atoms with Gasteiger partial charge in [-0.1, -0.05) is 18.7 Å². The number of benzene rings is 1. The Morgan fingerprint density at radius 3 is 2.37 bits per heavy atom. The van der Waals surface area contributed by atoms with Crippen LogP contribution in [0.25, 0.3) is 0 Å². The summed E-state index contributed by atoms with van der Waals surface area (Å²) in [6, 6.07) is 2.17. The van der Waals surface area contributed by atoms with Gasteiger partial charge in [-0.25, -0.2) is 13.2 Å². The van der Waals surface area contributed by atoms with E-state index >= 15 is 0 Å². The van der Waals surface area contributed by atoms with Gasteiger partial charge in [0, 0.05) is 29.7 Å². The second-order valence-electron chi connectivity index (χ2n) is 4.40. The largest absolute Gasteiger partial charge is 0.489 e. The molecule has 0 atom stereocenters. The minimum absolute atomic E-state index is 0.0405. The molecular formula is C15H13F3O. The lowest BCUT2D eigenvalue weighted by Gasteiger charge is -2.13. The Balaban J connectivity index is 2.10. The third kappa shape index (κ3) is 3.08. The lowest BCUT2D eigenvalue weighted by atomic mass is 10.0. The van der Waals surface area contributed by atoms with Crippen LogP contribution in [-0.4, -0.2) is 6.61 Å². The SMILES string of the molecule is C=C1C=CC(COc2cc(F)c(C)c(F)c2)=C(F)C1. The highest BCUT2D eigenvalue weighted by Crippen LogP contribution is 2.25. The lowest BCUT2D eigenvalue weighted by Crippen LogP contribution is -2.05. The van der Waals surface area contributed by atoms with Crippen LogP contribution in [-0.2, 0) is 0 Å². The van der Waals surface area contributed by atoms with Gasteiger partial charge in [-0.2, -0.15) is 0 Å². The molecule has 0 saturated carbocycles. The summed E-state index contributed by atoms with van der Waals surface area (Å²) < 4.78 is 45.4. The van der Waals surface area contributed by atoms with Gasteiger partial charge in [-0.3, -0.25) is 0 Å². The molecule has 0 saturated heterocycles. The summed E-state index contributed by atoms with van der Waals surface area (Å²) in [5.74, 6) is -1.66. The normalized spacial score (nSPS) is 15.1. The van der Waals surface area contributed by atoms with Crippen LogP contribution < -0.4 is 4.74 Å². The van der Waals surface area contributed by atoms with E-state index in [-0.39, 0.29) is 30.2 Å². The average Bonchev–Trinajstić information content (AvgIpc) is 2.34. The zero-order valence-electron chi connectivity index (χ0n) is 10.5. The summed E-state index contributed by atoms with van der Waals surface area (Å²) >= 11 is 0. The molecule has 4 heteroatoms. The molecule has 1 aliphatic rings. The maximum atomic E-state index is 13.6. The molecule has 100 valence electrons. The molecule has 0 bridgehead atoms. The highest BCUT2D eigenvalue weighted by molar-refractivity contribution is 5.38. The van der Waals surface area contributed by atoms with Gasteiger partial charge in [0.2, 0.25) is 0 Å². The van der Waals surface area contributed by atoms with Crippen molar-refractivity contribution in [3.8, 4) is 5.75 Å². The first-order chi connectivity index (χ1) is 8.97. The van der Waals surface area contributed by atoms with Crippen molar-refractivity contribution in [2.45, 2.75) is 13.3 Å². The van der Waals surface area contributed by atoms with Gasteiger partial charge < -0.3 is 4.74 Å². The van der Waals surface area contributed by atoms with Crippen molar-refractivity contribution in [1.29, 1.82) is 0 Å². The molecule has 0 aliphatic heterocycles. The van der Waals surface area contributed by atoms with E-state index in [1.165, 1.54) is 6.92 Å². The van der Waals surface area contributed by atoms with Crippen LogP contribution in [0.2, 0.25) is 0 Å². The van der Waals surface area contributed by atoms with Gasteiger partial charge in [-0.15, -0.1) is 0 Å². The second-order valence-corrected chi connectivity index (χ2v) is 4.40. The Morgan fingerprint density at radius 1 is 1.16 bits per heavy atom. The molecular weight excluding hydrogens is 253 g/mol. The number of halogens is 3. The van der Waals surface area contributed by atoms with Crippen molar-refractivity contribution in [2.24, 2.45) is 0 Å². The molecule has 0 fully saturated rings. The molecule has 0 N–H and O–H groups in total. The smallest absolute Gasteiger partial charge is 0.132 e. The maximum Gasteiger partial charge on any atom is 0.132 e. The topological polar surface area (TPSA) is 9.23 Å². The minimum atomic E-state index is -0.683. The fourth-order valence-corrected chi connectivity index (χ4v) is 1.67. The van der Waals surface area contributed by atoms with E-state index in [1.807, 2.05) is 0 Å². The van der Waals surface area contributed by atoms with E-state index in [9.17, 15) is 13.2 Å². The van der Waals surface area contributed by atoms with Crippen molar-refractivity contribution in [1.82, 2.24) is 0 Å². The molecule has 0 amide bonds. The fourth-order valence-electron chi connectivity index (χ4n) is 1.67. The van der Waals surface area contributed by atoms with Crippen LogP contribution in [0.15, 0.2) is 47.8 Å². The third-order valence-electron chi connectivity index (χ3n) is 2.90. The number of allylic oxidation sites excluding steroid dienone is 3. The van der Waals surface area contributed by atoms with Crippen molar-refractivity contribution in [2.75, 3.05) is 6.61 Å². The predicted octanol–water partition coefficient (Wildman–Crippen LogP) is 4.39. The molecule has 0 spiro atoms. The Bertz CT molecular complexity index is 562. The van der Waals surface area contributed by atoms with Crippen LogP contribution in [0.3, 0.4) is 0 Å². The van der Waals surface area contributed by atoms with E-state index in [0.29, 0.717) is 11.1 Å². The van der Waals surface area contributed by atoms with Crippen LogP contribution in [0, 0.1) is 18.6 Å². The van der Waals surface area contributed by atoms with E-state index in [4.69, 9.17) is 4.74 Å². The molecule has 0 heterocycles. The first-order valence-corrected chi connectivity index (χ1v) is 5.79. The maximum absolute atomic E-state index is 13.6. The van der Waals surface area contributed by atoms with E-state index in [1.54, 1.807) is 12.2 Å². The molecule has 1 aliphatic carbocycles. The van der Waals surface area contributed by atoms with E-state index < -0.39 is 11.6 Å². The van der Waals surface area contributed by atoms with Crippen molar-refractivity contribution >= 4 is 0 Å². The zero-order valence-corrected chi connectivity index (χ0v) is 10.5. The van der Waals surface area contributed by atoms with Gasteiger partial charge >= 0.3 is 0 Å². The first kappa shape index (κ1) is 13.5. The minimum Gasteiger partial charge on any atom is -0.489 e. The third-order valence-corrected chi connectivity index (χ3v) is 2.90. The Labute approximate surface area is 109 Å². The highest BCUT2D eigenvalue weighted by atomic mass is 19.1. The van der Waals surface area contributed by atoms with E-state index in [2.05, 4.69) is 6.58 Å². The Kier molecular flexibility index (Phi) is 3.79. The highest BCUT2D eigenvalue weighted by Gasteiger charge is 2.12. The summed E-state index contributed by atoms with van der Waals surface area (Å²) in [7, 11) is 0. The predicted molar refractivity (Wildman–Crippen MR) is 67.6 cm³/mol. The average molecular weight is 266 g/mol. The molecule has 19 heavy (non-hydrogen) atoms. The van der Waals surface area contributed by atoms with Gasteiger partial charge in [0.1, 0.15) is 29.8 Å². The number of hydrogen-bond acceptors (Lipinski definition) is 1. The van der Waals surface area contributed by atoms with E-state index in [0.717, 1.165) is 12.1 Å². The second kappa shape index (κ2) is 5.34. The Hall–Kier alpha value is -1.97. The van der Waals surface area contributed by atoms with Crippen molar-refractivity contribution < 1.29 is 17.9 Å². The molecule has 1 nitrogen and oxygen atoms in total. The zero-order chi connectivity index (χ0) is 14.0. The number of hydrogen-bond donors (Lipinski definition) is 0. The molecule has 2 rings (SSSR count). The summed E-state index contributed by atoms with van der Waals surface area (Å²) in [4.78, 5) is 0.